The largest absolute Gasteiger partial charge is 0.491 e. The quantitative estimate of drug-likeness (QED) is 0.219. The Balaban J connectivity index is 1.54. The summed E-state index contributed by atoms with van der Waals surface area (Å²) in [5.41, 5.74) is 1.71. The van der Waals surface area contributed by atoms with Crippen molar-refractivity contribution >= 4 is 35.2 Å². The van der Waals surface area contributed by atoms with E-state index in [1.807, 2.05) is 56.3 Å². The lowest BCUT2D eigenvalue weighted by Gasteiger charge is -2.27. The minimum atomic E-state index is -1.09. The maximum absolute atomic E-state index is 14.3. The van der Waals surface area contributed by atoms with E-state index in [4.69, 9.17) is 16.3 Å². The lowest BCUT2D eigenvalue weighted by molar-refractivity contribution is -0.130. The number of carbonyl (C=O) groups excluding carboxylic acids is 4. The number of hydrogen-bond acceptors (Lipinski definition) is 8. The van der Waals surface area contributed by atoms with Crippen LogP contribution < -0.4 is 26.0 Å². The lowest BCUT2D eigenvalue weighted by atomic mass is 10.00. The molecule has 4 amide bonds. The molecule has 2 bridgehead atoms. The van der Waals surface area contributed by atoms with Crippen LogP contribution in [0.25, 0.3) is 0 Å². The fourth-order valence-electron chi connectivity index (χ4n) is 6.24. The van der Waals surface area contributed by atoms with Crippen molar-refractivity contribution in [2.45, 2.75) is 84.6 Å². The van der Waals surface area contributed by atoms with Crippen LogP contribution >= 0.6 is 11.6 Å². The zero-order valence-corrected chi connectivity index (χ0v) is 31.4. The zero-order chi connectivity index (χ0) is 38.1. The number of hydrogen-bond donors (Lipinski definition) is 4. The molecule has 2 aromatic carbocycles. The summed E-state index contributed by atoms with van der Waals surface area (Å²) in [5.74, 6) is -0.316. The Hall–Kier alpha value is -5.30. The average Bonchev–Trinajstić information content (AvgIpc) is 3.47. The predicted molar refractivity (Wildman–Crippen MR) is 200 cm³/mol. The first kappa shape index (κ1) is 38.9. The second kappa shape index (κ2) is 18.0. The fraction of sp³-hybridized carbons (Fsp3) is 0.410. The number of halogens is 1. The van der Waals surface area contributed by atoms with Crippen LogP contribution in [0.2, 0.25) is 5.02 Å². The van der Waals surface area contributed by atoms with Gasteiger partial charge in [-0.3, -0.25) is 24.2 Å². The molecule has 0 spiro atoms. The van der Waals surface area contributed by atoms with Gasteiger partial charge in [0.05, 0.1) is 22.7 Å². The summed E-state index contributed by atoms with van der Waals surface area (Å²) in [6.45, 7) is 9.85. The van der Waals surface area contributed by atoms with Gasteiger partial charge in [0.25, 0.3) is 5.91 Å². The number of amides is 4. The van der Waals surface area contributed by atoms with E-state index in [2.05, 4.69) is 50.2 Å². The molecule has 0 saturated carbocycles. The Kier molecular flexibility index (Phi) is 13.2. The van der Waals surface area contributed by atoms with Crippen LogP contribution in [-0.2, 0) is 33.8 Å². The van der Waals surface area contributed by atoms with Crippen molar-refractivity contribution in [2.75, 3.05) is 6.61 Å². The van der Waals surface area contributed by atoms with Gasteiger partial charge in [0.2, 0.25) is 17.7 Å². The van der Waals surface area contributed by atoms with E-state index in [1.54, 1.807) is 19.1 Å². The van der Waals surface area contributed by atoms with Gasteiger partial charge in [-0.2, -0.15) is 5.10 Å². The number of nitrogens with zero attached hydrogens (tertiary/aromatic N) is 4. The molecule has 4 atom stereocenters. The summed E-state index contributed by atoms with van der Waals surface area (Å²) in [4.78, 5) is 64.0. The second-order valence-corrected chi connectivity index (χ2v) is 14.5. The molecule has 2 aromatic heterocycles. The van der Waals surface area contributed by atoms with Crippen molar-refractivity contribution in [3.05, 3.63) is 106 Å². The van der Waals surface area contributed by atoms with E-state index in [9.17, 15) is 19.2 Å². The van der Waals surface area contributed by atoms with Crippen molar-refractivity contribution in [1.82, 2.24) is 41.0 Å². The van der Waals surface area contributed by atoms with Crippen molar-refractivity contribution in [2.24, 2.45) is 11.8 Å². The molecular weight excluding hydrogens is 696 g/mol. The number of rotatable bonds is 7. The standard InChI is InChI=1S/C39H47ClN8O5/c1-23(2)17-28-22-53-29-13-11-27(12-14-29)19-32(44-37(50)30-15-16-41-20-31(30)40)38(51)45-33(18-26-9-7-6-8-10-26)39(52)46-35(24(3)4)36-42-25(5)47-48(36)21-34(49)43-28/h6-16,20,23-24,28,32-33,35H,17-19,21-22H2,1-5H3,(H,43,49)(H,44,50)(H,45,51)(H,46,52)/t28-,32+,33-,35-/m0/s1. The van der Waals surface area contributed by atoms with Crippen molar-refractivity contribution in [3.63, 3.8) is 0 Å². The minimum absolute atomic E-state index is 0.100. The Bertz CT molecular complexity index is 1880. The van der Waals surface area contributed by atoms with Gasteiger partial charge >= 0.3 is 0 Å². The highest BCUT2D eigenvalue weighted by Crippen LogP contribution is 2.22. The fourth-order valence-corrected chi connectivity index (χ4v) is 6.44. The molecule has 280 valence electrons. The van der Waals surface area contributed by atoms with E-state index in [0.29, 0.717) is 23.8 Å². The number of aromatic nitrogens is 4. The molecule has 4 N–H and O–H groups in total. The molecule has 4 aromatic rings. The number of benzene rings is 2. The number of nitrogens with one attached hydrogen (secondary N) is 4. The van der Waals surface area contributed by atoms with Gasteiger partial charge in [0.1, 0.15) is 36.8 Å². The Morgan fingerprint density at radius 1 is 0.981 bits per heavy atom. The van der Waals surface area contributed by atoms with Crippen molar-refractivity contribution in [1.29, 1.82) is 0 Å². The van der Waals surface area contributed by atoms with Gasteiger partial charge in [-0.05, 0) is 54.5 Å². The van der Waals surface area contributed by atoms with Crippen LogP contribution in [0.1, 0.15) is 73.3 Å². The number of pyridine rings is 1. The van der Waals surface area contributed by atoms with E-state index in [0.717, 1.165) is 11.1 Å². The predicted octanol–water partition coefficient (Wildman–Crippen LogP) is 4.14. The number of carbonyl (C=O) groups is 4. The van der Waals surface area contributed by atoms with Crippen LogP contribution in [0.3, 0.4) is 0 Å². The van der Waals surface area contributed by atoms with Gasteiger partial charge < -0.3 is 26.0 Å². The summed E-state index contributed by atoms with van der Waals surface area (Å²) in [5, 5.41) is 16.6. The SMILES string of the molecule is Cc1nc2n(n1)CC(=O)N[C@@H](CC(C)C)COc1ccc(cc1)C[C@@H](NC(=O)c1ccncc1Cl)C(=O)N[C@@H](Cc1ccccc1)C(=O)N[C@H]2C(C)C. The molecule has 0 saturated heterocycles. The van der Waals surface area contributed by atoms with E-state index >= 15 is 0 Å². The highest BCUT2D eigenvalue weighted by atomic mass is 35.5. The molecule has 2 aliphatic heterocycles. The van der Waals surface area contributed by atoms with Gasteiger partial charge in [-0.15, -0.1) is 0 Å². The summed E-state index contributed by atoms with van der Waals surface area (Å²) in [6.07, 6.45) is 3.74. The first-order valence-electron chi connectivity index (χ1n) is 17.8. The van der Waals surface area contributed by atoms with Gasteiger partial charge in [0.15, 0.2) is 5.82 Å². The van der Waals surface area contributed by atoms with Crippen LogP contribution in [-0.4, -0.2) is 68.1 Å². The average molecular weight is 743 g/mol. The number of aryl methyl sites for hydroxylation is 1. The Morgan fingerprint density at radius 3 is 2.40 bits per heavy atom. The van der Waals surface area contributed by atoms with Crippen LogP contribution in [0.4, 0.5) is 0 Å². The molecule has 2 aliphatic rings. The normalized spacial score (nSPS) is 20.2. The summed E-state index contributed by atoms with van der Waals surface area (Å²) in [6, 6.07) is 14.9. The molecule has 13 nitrogen and oxygen atoms in total. The molecule has 0 unspecified atom stereocenters. The van der Waals surface area contributed by atoms with Crippen LogP contribution in [0.5, 0.6) is 5.75 Å². The third-order valence-corrected chi connectivity index (χ3v) is 9.13. The Labute approximate surface area is 314 Å². The maximum atomic E-state index is 14.3. The highest BCUT2D eigenvalue weighted by Gasteiger charge is 2.32. The molecule has 0 aliphatic carbocycles. The number of fused-ring (bicyclic) bond motifs is 14. The third kappa shape index (κ3) is 10.9. The summed E-state index contributed by atoms with van der Waals surface area (Å²) >= 11 is 6.29. The monoisotopic (exact) mass is 742 g/mol. The van der Waals surface area contributed by atoms with Crippen molar-refractivity contribution in [3.8, 4) is 5.75 Å². The molecule has 4 heterocycles. The Morgan fingerprint density at radius 2 is 1.72 bits per heavy atom. The van der Waals surface area contributed by atoms with Crippen molar-refractivity contribution < 1.29 is 23.9 Å². The minimum Gasteiger partial charge on any atom is -0.491 e. The zero-order valence-electron chi connectivity index (χ0n) is 30.6. The van der Waals surface area contributed by atoms with Crippen LogP contribution in [0, 0.1) is 18.8 Å². The van der Waals surface area contributed by atoms with Gasteiger partial charge in [-0.25, -0.2) is 9.67 Å². The molecular formula is C39H47ClN8O5. The van der Waals surface area contributed by atoms with Crippen LogP contribution in [0.15, 0.2) is 73.1 Å². The van der Waals surface area contributed by atoms with E-state index < -0.39 is 35.8 Å². The molecule has 53 heavy (non-hydrogen) atoms. The third-order valence-electron chi connectivity index (χ3n) is 8.83. The van der Waals surface area contributed by atoms with E-state index in [-0.39, 0.29) is 60.4 Å². The van der Waals surface area contributed by atoms with E-state index in [1.165, 1.54) is 23.1 Å². The number of ether oxygens (including phenoxy) is 1. The molecule has 0 fully saturated rings. The highest BCUT2D eigenvalue weighted by molar-refractivity contribution is 6.33. The van der Waals surface area contributed by atoms with Gasteiger partial charge in [0, 0.05) is 25.2 Å². The topological polar surface area (TPSA) is 169 Å². The van der Waals surface area contributed by atoms with Gasteiger partial charge in [-0.1, -0.05) is 81.8 Å². The lowest BCUT2D eigenvalue weighted by Crippen LogP contribution is -2.55. The first-order valence-corrected chi connectivity index (χ1v) is 18.2. The second-order valence-electron chi connectivity index (χ2n) is 14.1. The smallest absolute Gasteiger partial charge is 0.253 e. The molecule has 14 heteroatoms. The molecule has 6 rings (SSSR count). The summed E-state index contributed by atoms with van der Waals surface area (Å²) in [7, 11) is 0. The molecule has 0 radical (unpaired) electrons. The first-order chi connectivity index (χ1) is 25.4. The summed E-state index contributed by atoms with van der Waals surface area (Å²) < 4.78 is 7.64. The maximum Gasteiger partial charge on any atom is 0.253 e.